The highest BCUT2D eigenvalue weighted by Crippen LogP contribution is 2.17. The minimum Gasteiger partial charge on any atom is -0.489 e. The van der Waals surface area contributed by atoms with Gasteiger partial charge in [0, 0.05) is 13.1 Å². The molecule has 0 aliphatic rings. The predicted octanol–water partition coefficient (Wildman–Crippen LogP) is 2.70. The van der Waals surface area contributed by atoms with Crippen molar-refractivity contribution in [1.29, 1.82) is 0 Å². The molecule has 8 nitrogen and oxygen atoms in total. The summed E-state index contributed by atoms with van der Waals surface area (Å²) in [7, 11) is 1.62. The fraction of sp³-hybridized carbons (Fsp3) is 0.235. The van der Waals surface area contributed by atoms with Crippen LogP contribution in [-0.2, 0) is 6.54 Å². The highest BCUT2D eigenvalue weighted by molar-refractivity contribution is 14.0. The number of nitrogens with zero attached hydrogens (tertiary/aromatic N) is 3. The van der Waals surface area contributed by atoms with E-state index in [1.165, 1.54) is 6.07 Å². The summed E-state index contributed by atoms with van der Waals surface area (Å²) in [6.45, 7) is 0.902. The number of aromatic amines is 1. The second kappa shape index (κ2) is 10.6. The lowest BCUT2D eigenvalue weighted by atomic mass is 10.3. The number of hydrogen-bond acceptors (Lipinski definition) is 5. The van der Waals surface area contributed by atoms with Gasteiger partial charge in [-0.1, -0.05) is 0 Å². The molecule has 0 saturated carbocycles. The molecule has 0 fully saturated rings. The topological polar surface area (TPSA) is 100 Å². The molecule has 3 rings (SSSR count). The quantitative estimate of drug-likeness (QED) is 0.198. The average molecular weight is 504 g/mol. The molecule has 150 valence electrons. The van der Waals surface area contributed by atoms with Crippen LogP contribution >= 0.6 is 24.0 Å². The van der Waals surface area contributed by atoms with Gasteiger partial charge in [0.1, 0.15) is 18.2 Å². The first-order chi connectivity index (χ1) is 13.2. The van der Waals surface area contributed by atoms with Crippen LogP contribution in [0.1, 0.15) is 5.82 Å². The van der Waals surface area contributed by atoms with Gasteiger partial charge in [-0.3, -0.25) is 10.1 Å². The summed E-state index contributed by atoms with van der Waals surface area (Å²) in [6.07, 6.45) is 1.55. The molecule has 0 aliphatic carbocycles. The van der Waals surface area contributed by atoms with Gasteiger partial charge >= 0.3 is 0 Å². The summed E-state index contributed by atoms with van der Waals surface area (Å²) < 4.78 is 36.8. The van der Waals surface area contributed by atoms with E-state index in [2.05, 4.69) is 30.8 Å². The number of H-pyrrole nitrogens is 1. The van der Waals surface area contributed by atoms with Gasteiger partial charge in [0.2, 0.25) is 5.82 Å². The van der Waals surface area contributed by atoms with Gasteiger partial charge < -0.3 is 19.8 Å². The second-order valence-corrected chi connectivity index (χ2v) is 5.36. The molecule has 0 radical (unpaired) electrons. The fourth-order valence-corrected chi connectivity index (χ4v) is 2.20. The molecule has 11 heteroatoms. The summed E-state index contributed by atoms with van der Waals surface area (Å²) >= 11 is 0. The lowest BCUT2D eigenvalue weighted by Crippen LogP contribution is -2.39. The van der Waals surface area contributed by atoms with Crippen molar-refractivity contribution in [3.8, 4) is 17.3 Å². The Bertz CT molecular complexity index is 901. The van der Waals surface area contributed by atoms with Crippen LogP contribution in [0.5, 0.6) is 5.75 Å². The molecular weight excluding hydrogens is 485 g/mol. The van der Waals surface area contributed by atoms with Crippen molar-refractivity contribution in [2.45, 2.75) is 6.54 Å². The molecule has 0 unspecified atom stereocenters. The van der Waals surface area contributed by atoms with Crippen LogP contribution in [0.25, 0.3) is 11.6 Å². The maximum absolute atomic E-state index is 13.5. The zero-order valence-electron chi connectivity index (χ0n) is 14.9. The average Bonchev–Trinajstić information content (AvgIpc) is 3.34. The Labute approximate surface area is 176 Å². The van der Waals surface area contributed by atoms with Crippen LogP contribution in [0.15, 0.2) is 46.0 Å². The highest BCUT2D eigenvalue weighted by atomic mass is 127. The lowest BCUT2D eigenvalue weighted by Gasteiger charge is -2.12. The first-order valence-corrected chi connectivity index (χ1v) is 8.13. The van der Waals surface area contributed by atoms with Crippen LogP contribution in [0.3, 0.4) is 0 Å². The Morgan fingerprint density at radius 1 is 1.29 bits per heavy atom. The zero-order valence-corrected chi connectivity index (χ0v) is 17.2. The van der Waals surface area contributed by atoms with Crippen LogP contribution in [0.2, 0.25) is 0 Å². The van der Waals surface area contributed by atoms with Crippen molar-refractivity contribution < 1.29 is 17.9 Å². The number of rotatable bonds is 7. The Morgan fingerprint density at radius 3 is 2.86 bits per heavy atom. The molecule has 2 aromatic heterocycles. The molecule has 0 spiro atoms. The van der Waals surface area contributed by atoms with Crippen molar-refractivity contribution in [1.82, 2.24) is 25.8 Å². The van der Waals surface area contributed by atoms with E-state index in [0.717, 1.165) is 12.1 Å². The smallest absolute Gasteiger partial charge is 0.216 e. The summed E-state index contributed by atoms with van der Waals surface area (Å²) in [4.78, 5) is 8.38. The van der Waals surface area contributed by atoms with Gasteiger partial charge in [0.25, 0.3) is 0 Å². The molecule has 2 heterocycles. The van der Waals surface area contributed by atoms with Crippen LogP contribution < -0.4 is 15.4 Å². The normalized spacial score (nSPS) is 11.0. The number of aliphatic imine (C=N–C) groups is 1. The van der Waals surface area contributed by atoms with Gasteiger partial charge in [-0.25, -0.2) is 13.8 Å². The Kier molecular flexibility index (Phi) is 8.17. The van der Waals surface area contributed by atoms with E-state index < -0.39 is 11.6 Å². The Hall–Kier alpha value is -2.70. The largest absolute Gasteiger partial charge is 0.489 e. The third kappa shape index (κ3) is 5.90. The predicted molar refractivity (Wildman–Crippen MR) is 110 cm³/mol. The number of hydrogen-bond donors (Lipinski definition) is 3. The van der Waals surface area contributed by atoms with E-state index in [9.17, 15) is 8.78 Å². The summed E-state index contributed by atoms with van der Waals surface area (Å²) in [6, 6.07) is 6.69. The molecule has 3 aromatic rings. The minimum absolute atomic E-state index is 0. The zero-order chi connectivity index (χ0) is 19.1. The van der Waals surface area contributed by atoms with E-state index in [1.807, 2.05) is 0 Å². The Morgan fingerprint density at radius 2 is 2.14 bits per heavy atom. The van der Waals surface area contributed by atoms with E-state index in [1.54, 1.807) is 25.4 Å². The van der Waals surface area contributed by atoms with Gasteiger partial charge in [0.05, 0.1) is 19.4 Å². The lowest BCUT2D eigenvalue weighted by molar-refractivity contribution is 0.304. The van der Waals surface area contributed by atoms with Crippen molar-refractivity contribution in [2.75, 3.05) is 20.2 Å². The van der Waals surface area contributed by atoms with E-state index >= 15 is 0 Å². The molecule has 0 saturated heterocycles. The number of halogens is 3. The minimum atomic E-state index is -0.741. The van der Waals surface area contributed by atoms with Gasteiger partial charge in [-0.05, 0) is 24.3 Å². The van der Waals surface area contributed by atoms with Crippen LogP contribution in [0.4, 0.5) is 8.78 Å². The number of benzene rings is 1. The monoisotopic (exact) mass is 504 g/mol. The molecule has 0 atom stereocenters. The molecule has 0 bridgehead atoms. The number of furan rings is 1. The SMILES string of the molecule is CN=C(NCCOc1ccc(F)cc1F)NCc1nc(-c2ccco2)n[nH]1.I. The number of ether oxygens (including phenoxy) is 1. The maximum atomic E-state index is 13.5. The third-order valence-electron chi connectivity index (χ3n) is 3.47. The van der Waals surface area contributed by atoms with E-state index in [4.69, 9.17) is 9.15 Å². The number of nitrogens with one attached hydrogen (secondary N) is 3. The van der Waals surface area contributed by atoms with Crippen molar-refractivity contribution >= 4 is 29.9 Å². The van der Waals surface area contributed by atoms with E-state index in [0.29, 0.717) is 36.5 Å². The molecular formula is C17H19F2IN6O2. The number of aromatic nitrogens is 3. The van der Waals surface area contributed by atoms with E-state index in [-0.39, 0.29) is 36.3 Å². The standard InChI is InChI=1S/C17H18F2N6O2.HI/c1-20-17(21-6-8-27-13-5-4-11(18)9-12(13)19)22-10-15-23-16(25-24-15)14-3-2-7-26-14;/h2-5,7,9H,6,8,10H2,1H3,(H2,20,21,22)(H,23,24,25);1H. The summed E-state index contributed by atoms with van der Waals surface area (Å²) in [5, 5.41) is 13.0. The van der Waals surface area contributed by atoms with Gasteiger partial charge in [0.15, 0.2) is 23.3 Å². The fourth-order valence-electron chi connectivity index (χ4n) is 2.20. The number of guanidine groups is 1. The summed E-state index contributed by atoms with van der Waals surface area (Å²) in [5.41, 5.74) is 0. The molecule has 28 heavy (non-hydrogen) atoms. The highest BCUT2D eigenvalue weighted by Gasteiger charge is 2.09. The third-order valence-corrected chi connectivity index (χ3v) is 3.47. The maximum Gasteiger partial charge on any atom is 0.216 e. The van der Waals surface area contributed by atoms with Crippen molar-refractivity contribution in [2.24, 2.45) is 4.99 Å². The Balaban J connectivity index is 0.00000280. The first-order valence-electron chi connectivity index (χ1n) is 8.13. The second-order valence-electron chi connectivity index (χ2n) is 5.36. The first kappa shape index (κ1) is 21.6. The van der Waals surface area contributed by atoms with Gasteiger partial charge in [-0.2, -0.15) is 0 Å². The van der Waals surface area contributed by atoms with Crippen LogP contribution in [-0.4, -0.2) is 41.3 Å². The van der Waals surface area contributed by atoms with Gasteiger partial charge in [-0.15, -0.1) is 29.1 Å². The molecule has 0 amide bonds. The molecule has 3 N–H and O–H groups in total. The molecule has 0 aliphatic heterocycles. The molecule has 1 aromatic carbocycles. The van der Waals surface area contributed by atoms with Crippen LogP contribution in [0, 0.1) is 11.6 Å². The summed E-state index contributed by atoms with van der Waals surface area (Å²) in [5.74, 6) is 0.761. The van der Waals surface area contributed by atoms with Crippen molar-refractivity contribution in [3.63, 3.8) is 0 Å². The van der Waals surface area contributed by atoms with Crippen molar-refractivity contribution in [3.05, 3.63) is 54.1 Å².